The highest BCUT2D eigenvalue weighted by Crippen LogP contribution is 2.44. The minimum absolute atomic E-state index is 0.0124. The van der Waals surface area contributed by atoms with Crippen molar-refractivity contribution in [3.63, 3.8) is 0 Å². The second-order valence-electron chi connectivity index (χ2n) is 5.02. The summed E-state index contributed by atoms with van der Waals surface area (Å²) in [6, 6.07) is 7.09. The number of fused-ring (bicyclic) bond motifs is 1. The van der Waals surface area contributed by atoms with Crippen LogP contribution in [0, 0.1) is 5.41 Å². The molecule has 1 atom stereocenters. The van der Waals surface area contributed by atoms with Gasteiger partial charge in [0.2, 0.25) is 0 Å². The zero-order valence-corrected chi connectivity index (χ0v) is 10.3. The number of hydrogen-bond donors (Lipinski definition) is 1. The van der Waals surface area contributed by atoms with Crippen LogP contribution in [-0.2, 0) is 9.84 Å². The van der Waals surface area contributed by atoms with Gasteiger partial charge in [-0.15, -0.1) is 0 Å². The average Bonchev–Trinajstić information content (AvgIpc) is 2.53. The predicted octanol–water partition coefficient (Wildman–Crippen LogP) is 1.58. The van der Waals surface area contributed by atoms with Gasteiger partial charge in [-0.25, -0.2) is 8.42 Å². The molecule has 1 heterocycles. The van der Waals surface area contributed by atoms with Gasteiger partial charge in [0.25, 0.3) is 0 Å². The predicted molar refractivity (Wildman–Crippen MR) is 62.1 cm³/mol. The van der Waals surface area contributed by atoms with Gasteiger partial charge in [-0.1, -0.05) is 32.0 Å². The first-order valence-electron chi connectivity index (χ1n) is 5.31. The zero-order valence-electron chi connectivity index (χ0n) is 9.47. The summed E-state index contributed by atoms with van der Waals surface area (Å²) in [6.07, 6.45) is 0. The molecule has 0 spiro atoms. The molecule has 0 saturated heterocycles. The van der Waals surface area contributed by atoms with Gasteiger partial charge in [0.05, 0.1) is 10.6 Å². The molecule has 0 radical (unpaired) electrons. The fourth-order valence-corrected chi connectivity index (χ4v) is 4.31. The normalized spacial score (nSPS) is 23.1. The number of rotatable bonds is 2. The Labute approximate surface area is 96.0 Å². The van der Waals surface area contributed by atoms with Gasteiger partial charge in [-0.05, 0) is 17.0 Å². The van der Waals surface area contributed by atoms with Crippen molar-refractivity contribution in [2.45, 2.75) is 24.7 Å². The maximum atomic E-state index is 11.9. The highest BCUT2D eigenvalue weighted by molar-refractivity contribution is 7.91. The van der Waals surface area contributed by atoms with Crippen LogP contribution in [0.25, 0.3) is 0 Å². The summed E-state index contributed by atoms with van der Waals surface area (Å²) >= 11 is 0. The van der Waals surface area contributed by atoms with E-state index in [0.29, 0.717) is 4.90 Å². The van der Waals surface area contributed by atoms with Gasteiger partial charge in [0.1, 0.15) is 0 Å². The van der Waals surface area contributed by atoms with Crippen LogP contribution in [0.2, 0.25) is 0 Å². The van der Waals surface area contributed by atoms with E-state index < -0.39 is 15.3 Å². The monoisotopic (exact) mass is 240 g/mol. The van der Waals surface area contributed by atoms with Crippen molar-refractivity contribution in [2.24, 2.45) is 5.41 Å². The Morgan fingerprint density at radius 2 is 2.00 bits per heavy atom. The van der Waals surface area contributed by atoms with Crippen molar-refractivity contribution >= 4 is 9.84 Å². The molecule has 0 saturated carbocycles. The van der Waals surface area contributed by atoms with E-state index in [1.807, 2.05) is 26.0 Å². The van der Waals surface area contributed by atoms with E-state index >= 15 is 0 Å². The molecule has 1 aliphatic heterocycles. The molecule has 1 aromatic carbocycles. The summed E-state index contributed by atoms with van der Waals surface area (Å²) in [5.41, 5.74) is 0.446. The van der Waals surface area contributed by atoms with E-state index in [2.05, 4.69) is 0 Å². The third kappa shape index (κ3) is 1.66. The lowest BCUT2D eigenvalue weighted by Crippen LogP contribution is -2.27. The van der Waals surface area contributed by atoms with Gasteiger partial charge in [0.15, 0.2) is 9.84 Å². The third-order valence-electron chi connectivity index (χ3n) is 3.37. The number of aliphatic hydroxyl groups is 1. The summed E-state index contributed by atoms with van der Waals surface area (Å²) in [4.78, 5) is 0.432. The highest BCUT2D eigenvalue weighted by atomic mass is 32.2. The number of sulfone groups is 1. The van der Waals surface area contributed by atoms with Crippen LogP contribution in [-0.4, -0.2) is 25.9 Å². The Morgan fingerprint density at radius 1 is 1.38 bits per heavy atom. The average molecular weight is 240 g/mol. The summed E-state index contributed by atoms with van der Waals surface area (Å²) in [7, 11) is -3.16. The van der Waals surface area contributed by atoms with Gasteiger partial charge in [-0.3, -0.25) is 0 Å². The van der Waals surface area contributed by atoms with Crippen molar-refractivity contribution in [3.05, 3.63) is 29.8 Å². The number of aliphatic hydroxyl groups excluding tert-OH is 1. The van der Waals surface area contributed by atoms with E-state index in [1.165, 1.54) is 0 Å². The second-order valence-corrected chi connectivity index (χ2v) is 7.02. The minimum atomic E-state index is -3.16. The smallest absolute Gasteiger partial charge is 0.179 e. The molecule has 1 unspecified atom stereocenters. The fraction of sp³-hybridized carbons (Fsp3) is 0.500. The third-order valence-corrected chi connectivity index (χ3v) is 5.18. The standard InChI is InChI=1S/C12H16O3S/c1-12(2,8-13)10-7-16(14,15)11-6-4-3-5-9(10)11/h3-6,10,13H,7-8H2,1-2H3. The molecule has 1 N–H and O–H groups in total. The van der Waals surface area contributed by atoms with E-state index in [9.17, 15) is 13.5 Å². The Hall–Kier alpha value is -0.870. The van der Waals surface area contributed by atoms with E-state index in [4.69, 9.17) is 0 Å². The van der Waals surface area contributed by atoms with Crippen molar-refractivity contribution in [2.75, 3.05) is 12.4 Å². The highest BCUT2D eigenvalue weighted by Gasteiger charge is 2.42. The summed E-state index contributed by atoms with van der Waals surface area (Å²) in [5.74, 6) is -0.00130. The molecule has 0 fully saturated rings. The minimum Gasteiger partial charge on any atom is -0.396 e. The van der Waals surface area contributed by atoms with Crippen molar-refractivity contribution in [1.29, 1.82) is 0 Å². The summed E-state index contributed by atoms with van der Waals surface area (Å²) in [6.45, 7) is 3.78. The lowest BCUT2D eigenvalue weighted by molar-refractivity contribution is 0.138. The SMILES string of the molecule is CC(C)(CO)C1CS(=O)(=O)c2ccccc21. The Morgan fingerprint density at radius 3 is 2.62 bits per heavy atom. The molecule has 0 amide bonds. The summed E-state index contributed by atoms with van der Waals surface area (Å²) < 4.78 is 23.9. The molecule has 88 valence electrons. The van der Waals surface area contributed by atoms with Crippen molar-refractivity contribution in [1.82, 2.24) is 0 Å². The van der Waals surface area contributed by atoms with Crippen LogP contribution in [0.1, 0.15) is 25.3 Å². The molecule has 2 rings (SSSR count). The molecule has 1 aromatic rings. The topological polar surface area (TPSA) is 54.4 Å². The van der Waals surface area contributed by atoms with E-state index in [0.717, 1.165) is 5.56 Å². The Kier molecular flexibility index (Phi) is 2.59. The maximum Gasteiger partial charge on any atom is 0.179 e. The Bertz CT molecular complexity index is 503. The zero-order chi connectivity index (χ0) is 12.0. The fourth-order valence-electron chi connectivity index (χ4n) is 2.21. The number of hydrogen-bond acceptors (Lipinski definition) is 3. The van der Waals surface area contributed by atoms with Crippen molar-refractivity contribution in [3.8, 4) is 0 Å². The van der Waals surface area contributed by atoms with E-state index in [-0.39, 0.29) is 18.3 Å². The lowest BCUT2D eigenvalue weighted by atomic mass is 9.77. The first kappa shape index (κ1) is 11.6. The molecule has 1 aliphatic rings. The van der Waals surface area contributed by atoms with Crippen LogP contribution >= 0.6 is 0 Å². The van der Waals surface area contributed by atoms with Gasteiger partial charge in [-0.2, -0.15) is 0 Å². The second kappa shape index (κ2) is 3.57. The maximum absolute atomic E-state index is 11.9. The van der Waals surface area contributed by atoms with Crippen LogP contribution in [0.4, 0.5) is 0 Å². The van der Waals surface area contributed by atoms with Gasteiger partial charge >= 0.3 is 0 Å². The molecular formula is C12H16O3S. The van der Waals surface area contributed by atoms with Crippen molar-refractivity contribution < 1.29 is 13.5 Å². The molecule has 0 aliphatic carbocycles. The first-order valence-corrected chi connectivity index (χ1v) is 6.96. The van der Waals surface area contributed by atoms with Crippen LogP contribution < -0.4 is 0 Å². The Balaban J connectivity index is 2.57. The molecule has 3 nitrogen and oxygen atoms in total. The largest absolute Gasteiger partial charge is 0.396 e. The van der Waals surface area contributed by atoms with E-state index in [1.54, 1.807) is 12.1 Å². The van der Waals surface area contributed by atoms with Crippen LogP contribution in [0.3, 0.4) is 0 Å². The van der Waals surface area contributed by atoms with Gasteiger partial charge in [0, 0.05) is 12.5 Å². The molecular weight excluding hydrogens is 224 g/mol. The number of benzene rings is 1. The molecule has 4 heteroatoms. The molecule has 0 aromatic heterocycles. The summed E-state index contributed by atoms with van der Waals surface area (Å²) in [5, 5.41) is 9.36. The van der Waals surface area contributed by atoms with Crippen LogP contribution in [0.15, 0.2) is 29.2 Å². The van der Waals surface area contributed by atoms with Gasteiger partial charge < -0.3 is 5.11 Å². The lowest BCUT2D eigenvalue weighted by Gasteiger charge is -2.29. The van der Waals surface area contributed by atoms with Crippen LogP contribution in [0.5, 0.6) is 0 Å². The molecule has 0 bridgehead atoms. The molecule has 16 heavy (non-hydrogen) atoms. The first-order chi connectivity index (χ1) is 7.38. The quantitative estimate of drug-likeness (QED) is 0.853.